The second-order valence-electron chi connectivity index (χ2n) is 5.17. The second-order valence-corrected chi connectivity index (χ2v) is 7.28. The number of nitrogens with one attached hydrogen (secondary N) is 2. The molecule has 0 aliphatic heterocycles. The van der Waals surface area contributed by atoms with E-state index in [2.05, 4.69) is 26.6 Å². The van der Waals surface area contributed by atoms with Crippen molar-refractivity contribution in [3.05, 3.63) is 74.7 Å². The standard InChI is InChI=1S/C18H11BrCl2N2OS/c19-14-6-2-3-11-12(14)4-1-5-13(11)17(24)23-18(25)22-16-8-7-10(20)9-15(16)21/h1-9H,(H2,22,23,24,25). The molecular weight excluding hydrogens is 443 g/mol. The summed E-state index contributed by atoms with van der Waals surface area (Å²) in [5, 5.41) is 8.45. The molecule has 0 fully saturated rings. The highest BCUT2D eigenvalue weighted by Gasteiger charge is 2.13. The highest BCUT2D eigenvalue weighted by molar-refractivity contribution is 9.10. The molecule has 0 unspecified atom stereocenters. The minimum absolute atomic E-state index is 0.154. The van der Waals surface area contributed by atoms with Crippen LogP contribution in [0.4, 0.5) is 5.69 Å². The first-order chi connectivity index (χ1) is 12.0. The minimum atomic E-state index is -0.300. The first-order valence-corrected chi connectivity index (χ1v) is 9.16. The van der Waals surface area contributed by atoms with Gasteiger partial charge in [-0.05, 0) is 53.3 Å². The number of thiocarbonyl (C=S) groups is 1. The normalized spacial score (nSPS) is 10.5. The minimum Gasteiger partial charge on any atom is -0.331 e. The smallest absolute Gasteiger partial charge is 0.258 e. The van der Waals surface area contributed by atoms with E-state index in [0.29, 0.717) is 21.3 Å². The Morgan fingerprint density at radius 2 is 1.72 bits per heavy atom. The summed E-state index contributed by atoms with van der Waals surface area (Å²) in [7, 11) is 0. The molecule has 2 N–H and O–H groups in total. The Balaban J connectivity index is 1.80. The number of carbonyl (C=O) groups is 1. The second kappa shape index (κ2) is 7.70. The van der Waals surface area contributed by atoms with Gasteiger partial charge in [0, 0.05) is 15.1 Å². The van der Waals surface area contributed by atoms with Crippen LogP contribution in [-0.2, 0) is 0 Å². The van der Waals surface area contributed by atoms with Crippen LogP contribution in [0.1, 0.15) is 10.4 Å². The predicted molar refractivity (Wildman–Crippen MR) is 112 cm³/mol. The maximum absolute atomic E-state index is 12.6. The van der Waals surface area contributed by atoms with Gasteiger partial charge < -0.3 is 5.32 Å². The number of halogens is 3. The molecule has 1 amide bonds. The lowest BCUT2D eigenvalue weighted by Gasteiger charge is -2.12. The lowest BCUT2D eigenvalue weighted by Crippen LogP contribution is -2.34. The van der Waals surface area contributed by atoms with Crippen LogP contribution < -0.4 is 10.6 Å². The van der Waals surface area contributed by atoms with Crippen LogP contribution in [0, 0.1) is 0 Å². The summed E-state index contributed by atoms with van der Waals surface area (Å²) in [5.41, 5.74) is 1.10. The van der Waals surface area contributed by atoms with E-state index in [1.807, 2.05) is 30.3 Å². The van der Waals surface area contributed by atoms with Gasteiger partial charge in [0.1, 0.15) is 0 Å². The topological polar surface area (TPSA) is 41.1 Å². The number of fused-ring (bicyclic) bond motifs is 1. The van der Waals surface area contributed by atoms with Gasteiger partial charge in [-0.25, -0.2) is 0 Å². The van der Waals surface area contributed by atoms with Crippen molar-refractivity contribution in [3.63, 3.8) is 0 Å². The fourth-order valence-electron chi connectivity index (χ4n) is 2.38. The summed E-state index contributed by atoms with van der Waals surface area (Å²) in [6.07, 6.45) is 0. The quantitative estimate of drug-likeness (QED) is 0.465. The van der Waals surface area contributed by atoms with Crippen LogP contribution in [0.2, 0.25) is 10.0 Å². The number of benzene rings is 3. The van der Waals surface area contributed by atoms with Gasteiger partial charge in [-0.1, -0.05) is 63.4 Å². The average Bonchev–Trinajstić information content (AvgIpc) is 2.57. The van der Waals surface area contributed by atoms with E-state index < -0.39 is 0 Å². The molecule has 0 bridgehead atoms. The van der Waals surface area contributed by atoms with Crippen LogP contribution in [0.15, 0.2) is 59.1 Å². The molecule has 0 saturated heterocycles. The first kappa shape index (κ1) is 18.1. The number of amides is 1. The summed E-state index contributed by atoms with van der Waals surface area (Å²) >= 11 is 20.7. The van der Waals surface area contributed by atoms with Gasteiger partial charge >= 0.3 is 0 Å². The molecule has 0 aliphatic carbocycles. The van der Waals surface area contributed by atoms with Crippen LogP contribution in [0.5, 0.6) is 0 Å². The Morgan fingerprint density at radius 3 is 2.48 bits per heavy atom. The first-order valence-electron chi connectivity index (χ1n) is 7.20. The highest BCUT2D eigenvalue weighted by atomic mass is 79.9. The average molecular weight is 454 g/mol. The van der Waals surface area contributed by atoms with Crippen molar-refractivity contribution >= 4 is 78.8 Å². The third-order valence-corrected chi connectivity index (χ3v) is 4.96. The van der Waals surface area contributed by atoms with Crippen LogP contribution in [-0.4, -0.2) is 11.0 Å². The molecule has 0 atom stereocenters. The van der Waals surface area contributed by atoms with E-state index in [0.717, 1.165) is 15.2 Å². The molecule has 25 heavy (non-hydrogen) atoms. The zero-order valence-electron chi connectivity index (χ0n) is 12.6. The van der Waals surface area contributed by atoms with E-state index >= 15 is 0 Å². The van der Waals surface area contributed by atoms with E-state index in [1.54, 1.807) is 24.3 Å². The zero-order chi connectivity index (χ0) is 18.0. The Labute approximate surface area is 168 Å². The summed E-state index contributed by atoms with van der Waals surface area (Å²) < 4.78 is 0.924. The highest BCUT2D eigenvalue weighted by Crippen LogP contribution is 2.27. The van der Waals surface area contributed by atoms with Gasteiger partial charge in [0.2, 0.25) is 0 Å². The van der Waals surface area contributed by atoms with Gasteiger partial charge in [-0.15, -0.1) is 0 Å². The molecule has 0 heterocycles. The zero-order valence-corrected chi connectivity index (χ0v) is 16.6. The number of rotatable bonds is 2. The summed E-state index contributed by atoms with van der Waals surface area (Å²) in [4.78, 5) is 12.6. The molecule has 126 valence electrons. The van der Waals surface area contributed by atoms with E-state index in [1.165, 1.54) is 0 Å². The molecule has 0 spiro atoms. The third-order valence-electron chi connectivity index (χ3n) is 3.52. The molecule has 3 rings (SSSR count). The molecule has 7 heteroatoms. The summed E-state index contributed by atoms with van der Waals surface area (Å²) in [6, 6.07) is 16.2. The molecule has 0 saturated carbocycles. The van der Waals surface area contributed by atoms with E-state index in [-0.39, 0.29) is 11.0 Å². The fourth-order valence-corrected chi connectivity index (χ4v) is 3.54. The molecule has 3 aromatic rings. The van der Waals surface area contributed by atoms with Crippen molar-refractivity contribution in [3.8, 4) is 0 Å². The maximum atomic E-state index is 12.6. The number of hydrogen-bond donors (Lipinski definition) is 2. The molecule has 0 aliphatic rings. The Kier molecular flexibility index (Phi) is 5.59. The van der Waals surface area contributed by atoms with Gasteiger partial charge in [0.15, 0.2) is 5.11 Å². The van der Waals surface area contributed by atoms with Gasteiger partial charge in [0.25, 0.3) is 5.91 Å². The SMILES string of the molecule is O=C(NC(=S)Nc1ccc(Cl)cc1Cl)c1cccc2c(Br)cccc12. The molecule has 0 aromatic heterocycles. The largest absolute Gasteiger partial charge is 0.331 e. The van der Waals surface area contributed by atoms with Crippen molar-refractivity contribution in [2.75, 3.05) is 5.32 Å². The van der Waals surface area contributed by atoms with Crippen molar-refractivity contribution in [2.45, 2.75) is 0 Å². The van der Waals surface area contributed by atoms with Crippen molar-refractivity contribution < 1.29 is 4.79 Å². The van der Waals surface area contributed by atoms with Crippen molar-refractivity contribution in [1.82, 2.24) is 5.32 Å². The maximum Gasteiger partial charge on any atom is 0.258 e. The van der Waals surface area contributed by atoms with Gasteiger partial charge in [-0.3, -0.25) is 10.1 Å². The predicted octanol–water partition coefficient (Wildman–Crippen LogP) is 6.04. The van der Waals surface area contributed by atoms with Crippen molar-refractivity contribution in [2.24, 2.45) is 0 Å². The Morgan fingerprint density at radius 1 is 1.00 bits per heavy atom. The van der Waals surface area contributed by atoms with Crippen LogP contribution in [0.25, 0.3) is 10.8 Å². The summed E-state index contributed by atoms with van der Waals surface area (Å²) in [6.45, 7) is 0. The van der Waals surface area contributed by atoms with Crippen LogP contribution >= 0.6 is 51.3 Å². The number of hydrogen-bond acceptors (Lipinski definition) is 2. The van der Waals surface area contributed by atoms with Gasteiger partial charge in [-0.2, -0.15) is 0 Å². The lowest BCUT2D eigenvalue weighted by molar-refractivity contribution is 0.0979. The van der Waals surface area contributed by atoms with E-state index in [4.69, 9.17) is 35.4 Å². The van der Waals surface area contributed by atoms with Gasteiger partial charge in [0.05, 0.1) is 10.7 Å². The molecule has 0 radical (unpaired) electrons. The molecular formula is C18H11BrCl2N2OS. The molecule has 3 aromatic carbocycles. The molecule has 3 nitrogen and oxygen atoms in total. The number of carbonyl (C=O) groups excluding carboxylic acids is 1. The van der Waals surface area contributed by atoms with Crippen molar-refractivity contribution in [1.29, 1.82) is 0 Å². The summed E-state index contributed by atoms with van der Waals surface area (Å²) in [5.74, 6) is -0.300. The lowest BCUT2D eigenvalue weighted by atomic mass is 10.0. The monoisotopic (exact) mass is 452 g/mol. The fraction of sp³-hybridized carbons (Fsp3) is 0. The third kappa shape index (κ3) is 4.12. The van der Waals surface area contributed by atoms with Crippen LogP contribution in [0.3, 0.4) is 0 Å². The Bertz CT molecular complexity index is 994. The van der Waals surface area contributed by atoms with E-state index in [9.17, 15) is 4.79 Å². The number of anilines is 1. The Hall–Kier alpha value is -1.66.